The summed E-state index contributed by atoms with van der Waals surface area (Å²) < 4.78 is 1.60. The first-order valence-electron chi connectivity index (χ1n) is 6.93. The molecule has 2 aromatic rings. The van der Waals surface area contributed by atoms with Crippen molar-refractivity contribution in [2.45, 2.75) is 19.9 Å². The van der Waals surface area contributed by atoms with E-state index in [2.05, 4.69) is 12.6 Å². The van der Waals surface area contributed by atoms with Crippen LogP contribution in [0.4, 0.5) is 0 Å². The zero-order chi connectivity index (χ0) is 17.1. The van der Waals surface area contributed by atoms with Gasteiger partial charge >= 0.3 is 0 Å². The number of halogens is 1. The Labute approximate surface area is 139 Å². The number of nitriles is 1. The summed E-state index contributed by atoms with van der Waals surface area (Å²) in [5, 5.41) is 9.92. The summed E-state index contributed by atoms with van der Waals surface area (Å²) in [6.07, 6.45) is 1.58. The molecule has 23 heavy (non-hydrogen) atoms. The van der Waals surface area contributed by atoms with Crippen molar-refractivity contribution in [2.75, 3.05) is 0 Å². The summed E-state index contributed by atoms with van der Waals surface area (Å²) in [6, 6.07) is 9.97. The smallest absolute Gasteiger partial charge is 0.161 e. The van der Waals surface area contributed by atoms with Crippen LogP contribution in [0, 0.1) is 11.3 Å². The van der Waals surface area contributed by atoms with Gasteiger partial charge in [0, 0.05) is 22.4 Å². The van der Waals surface area contributed by atoms with Gasteiger partial charge in [-0.15, -0.1) is 0 Å². The van der Waals surface area contributed by atoms with Gasteiger partial charge in [0.05, 0.1) is 6.04 Å². The highest BCUT2D eigenvalue weighted by atomic mass is 35.5. The van der Waals surface area contributed by atoms with Crippen LogP contribution >= 0.6 is 11.6 Å². The minimum absolute atomic E-state index is 0.149. The van der Waals surface area contributed by atoms with Gasteiger partial charge in [-0.1, -0.05) is 30.3 Å². The maximum absolute atomic E-state index is 11.9. The molecule has 0 N–H and O–H groups in total. The van der Waals surface area contributed by atoms with Crippen LogP contribution in [0.1, 0.15) is 41.5 Å². The Morgan fingerprint density at radius 2 is 1.87 bits per heavy atom. The van der Waals surface area contributed by atoms with Crippen molar-refractivity contribution in [3.8, 4) is 6.07 Å². The van der Waals surface area contributed by atoms with Crippen molar-refractivity contribution in [3.63, 3.8) is 0 Å². The van der Waals surface area contributed by atoms with Gasteiger partial charge in [-0.2, -0.15) is 5.26 Å². The molecule has 4 nitrogen and oxygen atoms in total. The molecule has 5 heteroatoms. The van der Waals surface area contributed by atoms with E-state index in [1.54, 1.807) is 35.0 Å². The molecule has 0 aliphatic rings. The number of nitrogens with zero attached hydrogens (tertiary/aromatic N) is 2. The molecule has 0 saturated carbocycles. The fraction of sp³-hybridized carbons (Fsp3) is 0.167. The summed E-state index contributed by atoms with van der Waals surface area (Å²) >= 11 is 5.92. The van der Waals surface area contributed by atoms with Gasteiger partial charge < -0.3 is 4.57 Å². The van der Waals surface area contributed by atoms with Gasteiger partial charge in [-0.05, 0) is 37.6 Å². The summed E-state index contributed by atoms with van der Waals surface area (Å²) in [5.41, 5.74) is 1.79. The standard InChI is InChI=1S/C18H15ClN2O2/c1-11(12(2)22)18(14-4-6-16(19)7-5-14)21-10-15(13(3)23)8-17(21)9-20/h4-8,10,18H,1H2,2-3H3/t18-/m0/s1. The van der Waals surface area contributed by atoms with E-state index in [0.29, 0.717) is 16.2 Å². The number of allylic oxidation sites excluding steroid dienone is 1. The number of rotatable bonds is 5. The van der Waals surface area contributed by atoms with Crippen LogP contribution in [0.15, 0.2) is 48.7 Å². The molecule has 1 aromatic heterocycles. The van der Waals surface area contributed by atoms with E-state index in [0.717, 1.165) is 5.56 Å². The third-order valence-corrected chi connectivity index (χ3v) is 3.87. The summed E-state index contributed by atoms with van der Waals surface area (Å²) in [5.74, 6) is -0.338. The van der Waals surface area contributed by atoms with Gasteiger partial charge in [0.2, 0.25) is 0 Å². The average molecular weight is 327 g/mol. The highest BCUT2D eigenvalue weighted by molar-refractivity contribution is 6.30. The lowest BCUT2D eigenvalue weighted by Gasteiger charge is -2.21. The van der Waals surface area contributed by atoms with Crippen LogP contribution < -0.4 is 0 Å². The first-order valence-corrected chi connectivity index (χ1v) is 7.31. The number of carbonyl (C=O) groups excluding carboxylic acids is 2. The lowest BCUT2D eigenvalue weighted by Crippen LogP contribution is -2.17. The number of Topliss-reactive ketones (excluding diaryl/α,β-unsaturated/α-hetero) is 2. The minimum atomic E-state index is -0.562. The molecule has 1 heterocycles. The Hall–Kier alpha value is -2.64. The number of hydrogen-bond acceptors (Lipinski definition) is 3. The maximum atomic E-state index is 11.9. The lowest BCUT2D eigenvalue weighted by atomic mass is 9.97. The molecule has 0 fully saturated rings. The molecule has 0 aliphatic carbocycles. The summed E-state index contributed by atoms with van der Waals surface area (Å²) in [7, 11) is 0. The third kappa shape index (κ3) is 3.41. The monoisotopic (exact) mass is 326 g/mol. The molecule has 0 bridgehead atoms. The van der Waals surface area contributed by atoms with Crippen molar-refractivity contribution in [1.82, 2.24) is 4.57 Å². The summed E-state index contributed by atoms with van der Waals surface area (Å²) in [4.78, 5) is 23.5. The van der Waals surface area contributed by atoms with Crippen LogP contribution in [-0.4, -0.2) is 16.1 Å². The molecule has 0 aliphatic heterocycles. The maximum Gasteiger partial charge on any atom is 0.161 e. The second kappa shape index (κ2) is 6.64. The zero-order valence-corrected chi connectivity index (χ0v) is 13.6. The number of carbonyl (C=O) groups is 2. The fourth-order valence-electron chi connectivity index (χ4n) is 2.34. The fourth-order valence-corrected chi connectivity index (χ4v) is 2.47. The van der Waals surface area contributed by atoms with Gasteiger partial charge in [0.1, 0.15) is 11.8 Å². The van der Waals surface area contributed by atoms with Crippen molar-refractivity contribution in [3.05, 3.63) is 70.5 Å². The van der Waals surface area contributed by atoms with Crippen LogP contribution in [0.25, 0.3) is 0 Å². The Balaban J connectivity index is 2.65. The number of hydrogen-bond donors (Lipinski definition) is 0. The Kier molecular flexibility index (Phi) is 4.83. The number of ketones is 2. The van der Waals surface area contributed by atoms with Gasteiger partial charge in [0.15, 0.2) is 11.6 Å². The molecule has 0 amide bonds. The Morgan fingerprint density at radius 3 is 2.35 bits per heavy atom. The summed E-state index contributed by atoms with van der Waals surface area (Å²) in [6.45, 7) is 6.71. The van der Waals surface area contributed by atoms with Gasteiger partial charge in [-0.25, -0.2) is 0 Å². The SMILES string of the molecule is C=C(C(C)=O)[C@@H](c1ccc(Cl)cc1)n1cc(C(C)=O)cc1C#N. The molecule has 116 valence electrons. The van der Waals surface area contributed by atoms with Crippen LogP contribution in [0.2, 0.25) is 5.02 Å². The third-order valence-electron chi connectivity index (χ3n) is 3.62. The highest BCUT2D eigenvalue weighted by Crippen LogP contribution is 2.30. The highest BCUT2D eigenvalue weighted by Gasteiger charge is 2.23. The molecule has 0 unspecified atom stereocenters. The van der Waals surface area contributed by atoms with Crippen LogP contribution in [0.5, 0.6) is 0 Å². The van der Waals surface area contributed by atoms with E-state index in [1.807, 2.05) is 0 Å². The first kappa shape index (κ1) is 16.7. The second-order valence-electron chi connectivity index (χ2n) is 5.22. The van der Waals surface area contributed by atoms with Crippen molar-refractivity contribution in [2.24, 2.45) is 0 Å². The molecular weight excluding hydrogens is 312 g/mol. The van der Waals surface area contributed by atoms with E-state index < -0.39 is 6.04 Å². The predicted octanol–water partition coefficient (Wildman–Crippen LogP) is 3.95. The molecule has 2 rings (SSSR count). The average Bonchev–Trinajstić information content (AvgIpc) is 2.93. The first-order chi connectivity index (χ1) is 10.8. The van der Waals surface area contributed by atoms with Crippen molar-refractivity contribution < 1.29 is 9.59 Å². The molecular formula is C18H15ClN2O2. The molecule has 0 radical (unpaired) electrons. The van der Waals surface area contributed by atoms with Crippen molar-refractivity contribution >= 4 is 23.2 Å². The molecule has 1 aromatic carbocycles. The van der Waals surface area contributed by atoms with E-state index in [9.17, 15) is 14.9 Å². The second-order valence-corrected chi connectivity index (χ2v) is 5.66. The van der Waals surface area contributed by atoms with Crippen LogP contribution in [-0.2, 0) is 4.79 Å². The van der Waals surface area contributed by atoms with Crippen LogP contribution in [0.3, 0.4) is 0 Å². The molecule has 0 spiro atoms. The van der Waals surface area contributed by atoms with E-state index in [1.165, 1.54) is 19.9 Å². The van der Waals surface area contributed by atoms with E-state index in [4.69, 9.17) is 11.6 Å². The molecule has 1 atom stereocenters. The normalized spacial score (nSPS) is 11.6. The lowest BCUT2D eigenvalue weighted by molar-refractivity contribution is -0.113. The number of aromatic nitrogens is 1. The quantitative estimate of drug-likeness (QED) is 0.617. The number of benzene rings is 1. The minimum Gasteiger partial charge on any atom is -0.327 e. The van der Waals surface area contributed by atoms with E-state index in [-0.39, 0.29) is 17.3 Å². The Bertz CT molecular complexity index is 826. The van der Waals surface area contributed by atoms with Gasteiger partial charge in [0.25, 0.3) is 0 Å². The molecule has 0 saturated heterocycles. The largest absolute Gasteiger partial charge is 0.327 e. The van der Waals surface area contributed by atoms with Crippen molar-refractivity contribution in [1.29, 1.82) is 5.26 Å². The Morgan fingerprint density at radius 1 is 1.26 bits per heavy atom. The predicted molar refractivity (Wildman–Crippen MR) is 88.6 cm³/mol. The zero-order valence-electron chi connectivity index (χ0n) is 12.8. The van der Waals surface area contributed by atoms with E-state index >= 15 is 0 Å². The topological polar surface area (TPSA) is 62.9 Å². The van der Waals surface area contributed by atoms with Gasteiger partial charge in [-0.3, -0.25) is 9.59 Å².